The predicted octanol–water partition coefficient (Wildman–Crippen LogP) is 3.30. The van der Waals surface area contributed by atoms with E-state index in [-0.39, 0.29) is 5.75 Å². The van der Waals surface area contributed by atoms with Crippen molar-refractivity contribution in [3.8, 4) is 23.0 Å². The fourth-order valence-corrected chi connectivity index (χ4v) is 2.07. The van der Waals surface area contributed by atoms with E-state index in [0.29, 0.717) is 23.1 Å². The van der Waals surface area contributed by atoms with Crippen molar-refractivity contribution in [1.82, 2.24) is 9.97 Å². The number of rotatable bonds is 5. The van der Waals surface area contributed by atoms with Crippen LogP contribution in [0.15, 0.2) is 65.8 Å². The first-order chi connectivity index (χ1) is 11.8. The van der Waals surface area contributed by atoms with E-state index in [1.807, 2.05) is 36.4 Å². The minimum absolute atomic E-state index is 0.160. The molecule has 6 nitrogen and oxygen atoms in total. The quantitative estimate of drug-likeness (QED) is 0.557. The average Bonchev–Trinajstić information content (AvgIpc) is 2.64. The maximum atomic E-state index is 9.72. The summed E-state index contributed by atoms with van der Waals surface area (Å²) in [6, 6.07) is 18.2. The van der Waals surface area contributed by atoms with Crippen LogP contribution in [0.25, 0.3) is 11.4 Å². The zero-order valence-corrected chi connectivity index (χ0v) is 13.0. The van der Waals surface area contributed by atoms with Crippen LogP contribution in [0.2, 0.25) is 0 Å². The molecule has 120 valence electrons. The van der Waals surface area contributed by atoms with Crippen molar-refractivity contribution in [2.45, 2.75) is 0 Å². The van der Waals surface area contributed by atoms with Gasteiger partial charge in [-0.05, 0) is 12.1 Å². The van der Waals surface area contributed by atoms with Crippen LogP contribution in [0.3, 0.4) is 0 Å². The number of benzene rings is 2. The standard InChI is InChI=1S/C18H16N4O2/c1-24-17-11-16(20-18(21-17)13-7-3-2-4-8-13)22-19-12-14-9-5-6-10-15(14)23/h2-12,23H,1H3,(H,20,21,22)/b19-12+. The molecule has 0 aliphatic heterocycles. The first kappa shape index (κ1) is 15.5. The lowest BCUT2D eigenvalue weighted by Crippen LogP contribution is -1.99. The summed E-state index contributed by atoms with van der Waals surface area (Å²) in [6.07, 6.45) is 1.52. The first-order valence-electron chi connectivity index (χ1n) is 7.32. The second kappa shape index (κ2) is 7.23. The Hall–Kier alpha value is -3.41. The Morgan fingerprint density at radius 2 is 1.79 bits per heavy atom. The Bertz CT molecular complexity index is 851. The van der Waals surface area contributed by atoms with E-state index < -0.39 is 0 Å². The number of para-hydroxylation sites is 1. The molecule has 1 aromatic heterocycles. The Kier molecular flexibility index (Phi) is 4.67. The van der Waals surface area contributed by atoms with Gasteiger partial charge in [0.25, 0.3) is 0 Å². The molecule has 0 unspecified atom stereocenters. The summed E-state index contributed by atoms with van der Waals surface area (Å²) in [5.41, 5.74) is 4.32. The summed E-state index contributed by atoms with van der Waals surface area (Å²) < 4.78 is 5.22. The minimum Gasteiger partial charge on any atom is -0.507 e. The van der Waals surface area contributed by atoms with Crippen molar-refractivity contribution < 1.29 is 9.84 Å². The van der Waals surface area contributed by atoms with E-state index in [1.54, 1.807) is 31.4 Å². The van der Waals surface area contributed by atoms with Crippen molar-refractivity contribution in [1.29, 1.82) is 0 Å². The highest BCUT2D eigenvalue weighted by atomic mass is 16.5. The highest BCUT2D eigenvalue weighted by molar-refractivity contribution is 5.83. The molecular formula is C18H16N4O2. The van der Waals surface area contributed by atoms with Crippen LogP contribution in [-0.4, -0.2) is 28.4 Å². The molecule has 2 aromatic carbocycles. The van der Waals surface area contributed by atoms with Crippen LogP contribution in [0.1, 0.15) is 5.56 Å². The van der Waals surface area contributed by atoms with Gasteiger partial charge in [-0.3, -0.25) is 5.43 Å². The third-order valence-corrected chi connectivity index (χ3v) is 3.26. The number of aromatic hydroxyl groups is 1. The number of methoxy groups -OCH3 is 1. The number of hydrazone groups is 1. The Labute approximate surface area is 139 Å². The first-order valence-corrected chi connectivity index (χ1v) is 7.32. The van der Waals surface area contributed by atoms with E-state index >= 15 is 0 Å². The van der Waals surface area contributed by atoms with Gasteiger partial charge < -0.3 is 9.84 Å². The lowest BCUT2D eigenvalue weighted by molar-refractivity contribution is 0.398. The molecule has 0 amide bonds. The van der Waals surface area contributed by atoms with Crippen LogP contribution in [0, 0.1) is 0 Å². The number of hydrogen-bond donors (Lipinski definition) is 2. The van der Waals surface area contributed by atoms with E-state index in [9.17, 15) is 5.11 Å². The fourth-order valence-electron chi connectivity index (χ4n) is 2.07. The van der Waals surface area contributed by atoms with Gasteiger partial charge in [-0.15, -0.1) is 0 Å². The molecule has 3 aromatic rings. The zero-order chi connectivity index (χ0) is 16.8. The summed E-state index contributed by atoms with van der Waals surface area (Å²) in [7, 11) is 1.55. The third-order valence-electron chi connectivity index (χ3n) is 3.26. The number of phenols is 1. The molecule has 24 heavy (non-hydrogen) atoms. The maximum absolute atomic E-state index is 9.72. The van der Waals surface area contributed by atoms with Gasteiger partial charge in [-0.2, -0.15) is 10.1 Å². The number of hydrogen-bond acceptors (Lipinski definition) is 6. The highest BCUT2D eigenvalue weighted by Gasteiger charge is 2.06. The van der Waals surface area contributed by atoms with Crippen molar-refractivity contribution >= 4 is 12.0 Å². The van der Waals surface area contributed by atoms with Crippen molar-refractivity contribution in [3.05, 3.63) is 66.2 Å². The van der Waals surface area contributed by atoms with E-state index in [2.05, 4.69) is 20.5 Å². The Morgan fingerprint density at radius 1 is 1.04 bits per heavy atom. The second-order valence-corrected chi connectivity index (χ2v) is 4.91. The third kappa shape index (κ3) is 3.67. The average molecular weight is 320 g/mol. The molecule has 3 rings (SSSR count). The topological polar surface area (TPSA) is 79.6 Å². The van der Waals surface area contributed by atoms with Crippen LogP contribution in [0.5, 0.6) is 11.6 Å². The van der Waals surface area contributed by atoms with Crippen molar-refractivity contribution in [2.75, 3.05) is 12.5 Å². The highest BCUT2D eigenvalue weighted by Crippen LogP contribution is 2.21. The number of phenolic OH excluding ortho intramolecular Hbond substituents is 1. The number of nitrogens with zero attached hydrogens (tertiary/aromatic N) is 3. The normalized spacial score (nSPS) is 10.7. The Balaban J connectivity index is 1.84. The van der Waals surface area contributed by atoms with Gasteiger partial charge in [0.05, 0.1) is 13.3 Å². The van der Waals surface area contributed by atoms with E-state index in [0.717, 1.165) is 5.56 Å². The van der Waals surface area contributed by atoms with E-state index in [4.69, 9.17) is 4.74 Å². The number of ether oxygens (including phenoxy) is 1. The summed E-state index contributed by atoms with van der Waals surface area (Å²) in [6.45, 7) is 0. The molecule has 0 radical (unpaired) electrons. The Morgan fingerprint density at radius 3 is 2.54 bits per heavy atom. The SMILES string of the molecule is COc1cc(N/N=C/c2ccccc2O)nc(-c2ccccc2)n1. The summed E-state index contributed by atoms with van der Waals surface area (Å²) in [5, 5.41) is 13.8. The van der Waals surface area contributed by atoms with Crippen molar-refractivity contribution in [3.63, 3.8) is 0 Å². The zero-order valence-electron chi connectivity index (χ0n) is 13.0. The van der Waals surface area contributed by atoms with Crippen LogP contribution in [-0.2, 0) is 0 Å². The predicted molar refractivity (Wildman–Crippen MR) is 93.3 cm³/mol. The summed E-state index contributed by atoms with van der Waals surface area (Å²) in [5.74, 6) is 1.62. The lowest BCUT2D eigenvalue weighted by Gasteiger charge is -2.07. The van der Waals surface area contributed by atoms with Crippen LogP contribution >= 0.6 is 0 Å². The fraction of sp³-hybridized carbons (Fsp3) is 0.0556. The smallest absolute Gasteiger partial charge is 0.218 e. The number of aromatic nitrogens is 2. The van der Waals surface area contributed by atoms with Crippen molar-refractivity contribution in [2.24, 2.45) is 5.10 Å². The van der Waals surface area contributed by atoms with Gasteiger partial charge in [0.2, 0.25) is 5.88 Å². The van der Waals surface area contributed by atoms with E-state index in [1.165, 1.54) is 6.21 Å². The van der Waals surface area contributed by atoms with Gasteiger partial charge in [0.1, 0.15) is 5.75 Å². The molecular weight excluding hydrogens is 304 g/mol. The van der Waals surface area contributed by atoms with Gasteiger partial charge in [-0.1, -0.05) is 42.5 Å². The van der Waals surface area contributed by atoms with Gasteiger partial charge in [0.15, 0.2) is 11.6 Å². The summed E-state index contributed by atoms with van der Waals surface area (Å²) in [4.78, 5) is 8.76. The molecule has 2 N–H and O–H groups in total. The van der Waals surface area contributed by atoms with Gasteiger partial charge in [-0.25, -0.2) is 4.98 Å². The van der Waals surface area contributed by atoms with Crippen LogP contribution < -0.4 is 10.2 Å². The molecule has 0 atom stereocenters. The van der Waals surface area contributed by atoms with Gasteiger partial charge >= 0.3 is 0 Å². The minimum atomic E-state index is 0.160. The molecule has 1 heterocycles. The molecule has 0 saturated carbocycles. The second-order valence-electron chi connectivity index (χ2n) is 4.91. The molecule has 0 spiro atoms. The molecule has 0 fully saturated rings. The summed E-state index contributed by atoms with van der Waals surface area (Å²) >= 11 is 0. The van der Waals surface area contributed by atoms with Gasteiger partial charge in [0, 0.05) is 17.2 Å². The maximum Gasteiger partial charge on any atom is 0.218 e. The molecule has 0 aliphatic rings. The molecule has 0 aliphatic carbocycles. The largest absolute Gasteiger partial charge is 0.507 e. The van der Waals surface area contributed by atoms with Crippen LogP contribution in [0.4, 0.5) is 5.82 Å². The number of anilines is 1. The monoisotopic (exact) mass is 320 g/mol. The lowest BCUT2D eigenvalue weighted by atomic mass is 10.2. The molecule has 0 bridgehead atoms. The molecule has 6 heteroatoms. The molecule has 0 saturated heterocycles. The number of nitrogens with one attached hydrogen (secondary N) is 1.